The second-order valence-electron chi connectivity index (χ2n) is 12.4. The van der Waals surface area contributed by atoms with Crippen LogP contribution in [0.25, 0.3) is 0 Å². The van der Waals surface area contributed by atoms with Crippen molar-refractivity contribution < 1.29 is 57.9 Å². The Bertz CT molecular complexity index is 1420. The number of ketones is 3. The first kappa shape index (κ1) is 41.2. The van der Waals surface area contributed by atoms with E-state index in [4.69, 9.17) is 29.4 Å². The van der Waals surface area contributed by atoms with Gasteiger partial charge in [-0.15, -0.1) is 0 Å². The quantitative estimate of drug-likeness (QED) is 0.203. The number of ether oxygens (including phenoxy) is 5. The smallest absolute Gasteiger partial charge is 0.405 e. The van der Waals surface area contributed by atoms with Crippen molar-refractivity contribution in [1.29, 1.82) is 0 Å². The average molecular weight is 691 g/mol. The van der Waals surface area contributed by atoms with Gasteiger partial charge in [-0.05, 0) is 45.1 Å². The Kier molecular flexibility index (Phi) is 15.7. The maximum atomic E-state index is 14.2. The molecule has 0 radical (unpaired) electrons. The van der Waals surface area contributed by atoms with Crippen LogP contribution in [0.1, 0.15) is 53.9 Å². The molecule has 0 saturated carbocycles. The van der Waals surface area contributed by atoms with Crippen LogP contribution in [-0.4, -0.2) is 105 Å². The Morgan fingerprint density at radius 2 is 1.71 bits per heavy atom. The standard InChI is InChI=1S/C35H50N2O12/c1-17-13-22-29(41)27(26(30(42)32(22)47-8)33(48-9)23(39)16-21(5)38)37-34(43)18(2)11-10-12-24(45-6)31(49-35(36)44)20(4)15-19(3)28(40)25(14-17)46-7/h10-12,15,17,19,21,24-25,28,31,33,38,40H,13-14,16H2,1-9H3,(H2,36,44)(H,37,43)/b12-10+,18-11-,20-15-/t17-,19+,21-,24+,25+,28+,31+,33-/m1/s1. The zero-order valence-electron chi connectivity index (χ0n) is 29.6. The van der Waals surface area contributed by atoms with Gasteiger partial charge in [0.1, 0.15) is 12.2 Å². The number of nitrogens with two attached hydrogens (primary N) is 1. The summed E-state index contributed by atoms with van der Waals surface area (Å²) in [6, 6.07) is 0. The van der Waals surface area contributed by atoms with E-state index in [-0.39, 0.29) is 42.1 Å². The van der Waals surface area contributed by atoms with Gasteiger partial charge in [0, 0.05) is 44.8 Å². The number of hydrogen-bond acceptors (Lipinski definition) is 12. The van der Waals surface area contributed by atoms with Gasteiger partial charge in [0.05, 0.1) is 36.7 Å². The number of aliphatic hydroxyl groups excluding tert-OH is 2. The van der Waals surface area contributed by atoms with E-state index in [1.807, 2.05) is 0 Å². The van der Waals surface area contributed by atoms with Gasteiger partial charge >= 0.3 is 6.09 Å². The van der Waals surface area contributed by atoms with Crippen molar-refractivity contribution in [3.05, 3.63) is 58.1 Å². The molecule has 5 N–H and O–H groups in total. The highest BCUT2D eigenvalue weighted by molar-refractivity contribution is 6.27. The maximum Gasteiger partial charge on any atom is 0.405 e. The minimum Gasteiger partial charge on any atom is -0.492 e. The molecule has 0 saturated heterocycles. The van der Waals surface area contributed by atoms with Crippen molar-refractivity contribution in [2.45, 2.75) is 90.5 Å². The Labute approximate surface area is 287 Å². The van der Waals surface area contributed by atoms with Crippen molar-refractivity contribution in [2.75, 3.05) is 28.4 Å². The fraction of sp³-hybridized carbons (Fsp3) is 0.571. The third kappa shape index (κ3) is 10.5. The second kappa shape index (κ2) is 18.7. The van der Waals surface area contributed by atoms with Crippen LogP contribution >= 0.6 is 0 Å². The molecule has 1 aliphatic heterocycles. The van der Waals surface area contributed by atoms with Gasteiger partial charge in [-0.2, -0.15) is 0 Å². The number of amides is 2. The zero-order chi connectivity index (χ0) is 37.2. The molecule has 49 heavy (non-hydrogen) atoms. The van der Waals surface area contributed by atoms with Crippen LogP contribution in [0.4, 0.5) is 4.79 Å². The normalized spacial score (nSPS) is 30.4. The third-order valence-electron chi connectivity index (χ3n) is 8.43. The summed E-state index contributed by atoms with van der Waals surface area (Å²) < 4.78 is 27.4. The summed E-state index contributed by atoms with van der Waals surface area (Å²) in [6.45, 7) is 8.10. The summed E-state index contributed by atoms with van der Waals surface area (Å²) in [5.74, 6) is -4.26. The monoisotopic (exact) mass is 690 g/mol. The SMILES string of the molecule is COC1=C2C[C@@H](C)C[C@H](OC)[C@@H](O)[C@@H](C)/C=C(/C)[C@H](OC(N)=O)[C@@H](OC)/C=C/C=C(/C)C(=O)NC(=C([C@H](OC)C(=O)C[C@@H](C)O)C1=O)C2=O. The number of primary amides is 1. The molecule has 14 nitrogen and oxygen atoms in total. The van der Waals surface area contributed by atoms with E-state index in [1.165, 1.54) is 60.5 Å². The highest BCUT2D eigenvalue weighted by Crippen LogP contribution is 2.33. The molecule has 14 heteroatoms. The predicted molar refractivity (Wildman–Crippen MR) is 178 cm³/mol. The molecule has 0 aromatic carbocycles. The van der Waals surface area contributed by atoms with Crippen LogP contribution < -0.4 is 11.1 Å². The van der Waals surface area contributed by atoms with E-state index < -0.39 is 83.2 Å². The number of methoxy groups -OCH3 is 4. The molecule has 0 aromatic heterocycles. The van der Waals surface area contributed by atoms with Crippen LogP contribution in [0, 0.1) is 11.8 Å². The molecule has 0 fully saturated rings. The van der Waals surface area contributed by atoms with Crippen molar-refractivity contribution in [3.63, 3.8) is 0 Å². The van der Waals surface area contributed by atoms with Crippen LogP contribution in [0.5, 0.6) is 0 Å². The molecule has 8 atom stereocenters. The number of carbonyl (C=O) groups excluding carboxylic acids is 5. The Balaban J connectivity index is 2.83. The molecule has 2 amide bonds. The lowest BCUT2D eigenvalue weighted by Crippen LogP contribution is -2.42. The first-order chi connectivity index (χ1) is 23.0. The minimum absolute atomic E-state index is 0.0168. The van der Waals surface area contributed by atoms with Crippen LogP contribution in [0.15, 0.2) is 58.1 Å². The van der Waals surface area contributed by atoms with E-state index >= 15 is 0 Å². The molecule has 2 bridgehead atoms. The Morgan fingerprint density at radius 1 is 1.06 bits per heavy atom. The molecule has 0 spiro atoms. The van der Waals surface area contributed by atoms with Gasteiger partial charge in [-0.1, -0.05) is 38.2 Å². The fourth-order valence-corrected chi connectivity index (χ4v) is 5.93. The summed E-state index contributed by atoms with van der Waals surface area (Å²) in [7, 11) is 5.21. The number of carbonyl (C=O) groups is 5. The number of Topliss-reactive ketones (excluding diaryl/α,β-unsaturated/α-hetero) is 3. The fourth-order valence-electron chi connectivity index (χ4n) is 5.93. The largest absolute Gasteiger partial charge is 0.492 e. The molecule has 2 rings (SSSR count). The number of hydrogen-bond donors (Lipinski definition) is 4. The first-order valence-corrected chi connectivity index (χ1v) is 15.9. The molecular formula is C35H50N2O12. The van der Waals surface area contributed by atoms with Gasteiger partial charge in [-0.25, -0.2) is 4.79 Å². The minimum atomic E-state index is -1.61. The predicted octanol–water partition coefficient (Wildman–Crippen LogP) is 2.13. The van der Waals surface area contributed by atoms with Crippen LogP contribution in [0.2, 0.25) is 0 Å². The Morgan fingerprint density at radius 3 is 2.24 bits per heavy atom. The molecule has 272 valence electrons. The van der Waals surface area contributed by atoms with Crippen molar-refractivity contribution in [3.8, 4) is 0 Å². The maximum absolute atomic E-state index is 14.2. The van der Waals surface area contributed by atoms with Gasteiger partial charge in [0.15, 0.2) is 17.6 Å². The van der Waals surface area contributed by atoms with E-state index in [9.17, 15) is 34.2 Å². The third-order valence-corrected chi connectivity index (χ3v) is 8.43. The lowest BCUT2D eigenvalue weighted by molar-refractivity contribution is -0.131. The topological polar surface area (TPSA) is 210 Å². The zero-order valence-corrected chi connectivity index (χ0v) is 29.6. The van der Waals surface area contributed by atoms with E-state index in [1.54, 1.807) is 26.8 Å². The average Bonchev–Trinajstić information content (AvgIpc) is 3.03. The summed E-state index contributed by atoms with van der Waals surface area (Å²) in [6.07, 6.45) is -1.41. The van der Waals surface area contributed by atoms with E-state index in [0.717, 1.165) is 0 Å². The number of rotatable bonds is 9. The van der Waals surface area contributed by atoms with Gasteiger partial charge in [0.2, 0.25) is 11.6 Å². The highest BCUT2D eigenvalue weighted by atomic mass is 16.6. The molecular weight excluding hydrogens is 640 g/mol. The molecule has 0 aromatic rings. The second-order valence-corrected chi connectivity index (χ2v) is 12.4. The lowest BCUT2D eigenvalue weighted by Gasteiger charge is -2.30. The van der Waals surface area contributed by atoms with E-state index in [0.29, 0.717) is 5.57 Å². The van der Waals surface area contributed by atoms with E-state index in [2.05, 4.69) is 5.32 Å². The number of aliphatic hydroxyl groups is 2. The summed E-state index contributed by atoms with van der Waals surface area (Å²) in [4.78, 5) is 66.7. The number of allylic oxidation sites excluding steroid dienone is 4. The molecule has 1 aliphatic carbocycles. The summed E-state index contributed by atoms with van der Waals surface area (Å²) in [5.41, 5.74) is 5.06. The van der Waals surface area contributed by atoms with Crippen LogP contribution in [0.3, 0.4) is 0 Å². The van der Waals surface area contributed by atoms with Crippen molar-refractivity contribution >= 4 is 29.4 Å². The Hall–Kier alpha value is -3.95. The summed E-state index contributed by atoms with van der Waals surface area (Å²) >= 11 is 0. The van der Waals surface area contributed by atoms with Gasteiger partial charge in [-0.3, -0.25) is 19.2 Å². The highest BCUT2D eigenvalue weighted by Gasteiger charge is 2.43. The molecule has 2 aliphatic rings. The number of fused-ring (bicyclic) bond motifs is 2. The van der Waals surface area contributed by atoms with Gasteiger partial charge in [0.25, 0.3) is 5.91 Å². The molecule has 1 heterocycles. The summed E-state index contributed by atoms with van der Waals surface area (Å²) in [5, 5.41) is 23.7. The van der Waals surface area contributed by atoms with Crippen molar-refractivity contribution in [1.82, 2.24) is 5.32 Å². The van der Waals surface area contributed by atoms with Crippen molar-refractivity contribution in [2.24, 2.45) is 17.6 Å². The first-order valence-electron chi connectivity index (χ1n) is 15.9. The lowest BCUT2D eigenvalue weighted by atomic mass is 9.82. The molecule has 0 unspecified atom stereocenters. The van der Waals surface area contributed by atoms with Gasteiger partial charge < -0.3 is 44.9 Å². The van der Waals surface area contributed by atoms with Crippen LogP contribution in [-0.2, 0) is 42.9 Å². The number of nitrogens with one attached hydrogen (secondary N) is 1.